The van der Waals surface area contributed by atoms with Crippen LogP contribution in [0.4, 0.5) is 0 Å². The molecule has 0 bridgehead atoms. The Morgan fingerprint density at radius 2 is 1.60 bits per heavy atom. The average molecular weight is 410 g/mol. The number of hydrogen-bond acceptors (Lipinski definition) is 7. The Labute approximate surface area is 176 Å². The van der Waals surface area contributed by atoms with E-state index in [4.69, 9.17) is 18.9 Å². The first-order valence-corrected chi connectivity index (χ1v) is 9.80. The Kier molecular flexibility index (Phi) is 8.23. The highest BCUT2D eigenvalue weighted by molar-refractivity contribution is 5.80. The number of benzene rings is 2. The second-order valence-electron chi connectivity index (χ2n) is 6.35. The maximum absolute atomic E-state index is 5.81. The van der Waals surface area contributed by atoms with Gasteiger partial charge in [0.1, 0.15) is 31.6 Å². The van der Waals surface area contributed by atoms with Crippen LogP contribution >= 0.6 is 0 Å². The molecule has 0 saturated carbocycles. The van der Waals surface area contributed by atoms with Crippen LogP contribution < -0.4 is 14.2 Å². The molecule has 1 aromatic heterocycles. The van der Waals surface area contributed by atoms with Gasteiger partial charge in [0.25, 0.3) is 0 Å². The Bertz CT molecular complexity index is 911. The second kappa shape index (κ2) is 11.6. The largest absolute Gasteiger partial charge is 0.491 e. The van der Waals surface area contributed by atoms with Crippen LogP contribution in [0.25, 0.3) is 0 Å². The number of aryl methyl sites for hydroxylation is 1. The van der Waals surface area contributed by atoms with Gasteiger partial charge in [-0.05, 0) is 49.7 Å². The smallest absolute Gasteiger partial charge is 0.161 e. The van der Waals surface area contributed by atoms with Crippen LogP contribution in [-0.2, 0) is 4.74 Å². The van der Waals surface area contributed by atoms with E-state index in [0.717, 1.165) is 11.3 Å². The fourth-order valence-corrected chi connectivity index (χ4v) is 2.55. The molecule has 0 amide bonds. The first-order chi connectivity index (χ1) is 14.7. The molecule has 0 aliphatic carbocycles. The molecule has 0 aliphatic heterocycles. The van der Waals surface area contributed by atoms with Crippen molar-refractivity contribution in [3.05, 3.63) is 66.2 Å². The van der Waals surface area contributed by atoms with Gasteiger partial charge in [-0.1, -0.05) is 17.7 Å². The van der Waals surface area contributed by atoms with Crippen molar-refractivity contribution in [3.8, 4) is 17.2 Å². The van der Waals surface area contributed by atoms with E-state index in [0.29, 0.717) is 44.5 Å². The first-order valence-electron chi connectivity index (χ1n) is 9.80. The van der Waals surface area contributed by atoms with Crippen LogP contribution in [0.5, 0.6) is 17.2 Å². The van der Waals surface area contributed by atoms with Crippen LogP contribution in [0.2, 0.25) is 0 Å². The third-order valence-electron chi connectivity index (χ3n) is 4.02. The highest BCUT2D eigenvalue weighted by Crippen LogP contribution is 2.28. The molecule has 8 nitrogen and oxygen atoms in total. The minimum absolute atomic E-state index is 0.415. The number of nitrogens with zero attached hydrogens (tertiary/aromatic N) is 4. The average Bonchev–Trinajstić information content (AvgIpc) is 3.28. The zero-order valence-corrected chi connectivity index (χ0v) is 17.2. The summed E-state index contributed by atoms with van der Waals surface area (Å²) in [5.74, 6) is 2.17. The number of ether oxygens (including phenoxy) is 4. The number of hydrogen-bond donors (Lipinski definition) is 0. The maximum Gasteiger partial charge on any atom is 0.161 e. The molecule has 2 aromatic carbocycles. The molecule has 1 heterocycles. The lowest BCUT2D eigenvalue weighted by Gasteiger charge is -2.13. The Balaban J connectivity index is 1.41. The summed E-state index contributed by atoms with van der Waals surface area (Å²) in [6.45, 7) is 6.37. The van der Waals surface area contributed by atoms with Crippen LogP contribution in [0.15, 0.2) is 60.2 Å². The highest BCUT2D eigenvalue weighted by atomic mass is 16.6. The van der Waals surface area contributed by atoms with E-state index in [-0.39, 0.29) is 0 Å². The van der Waals surface area contributed by atoms with Gasteiger partial charge in [0.05, 0.1) is 26.0 Å². The quantitative estimate of drug-likeness (QED) is 0.337. The van der Waals surface area contributed by atoms with Crippen LogP contribution in [0.3, 0.4) is 0 Å². The lowest BCUT2D eigenvalue weighted by molar-refractivity contribution is 0.0755. The molecule has 0 spiro atoms. The lowest BCUT2D eigenvalue weighted by Crippen LogP contribution is -2.12. The van der Waals surface area contributed by atoms with E-state index in [1.165, 1.54) is 22.9 Å². The SMILES string of the molecule is CCOc1cc(/C=N\n2cnnc2)ccc1OCCOCCOc1ccc(C)cc1. The fourth-order valence-electron chi connectivity index (χ4n) is 2.55. The van der Waals surface area contributed by atoms with Crippen LogP contribution in [0, 0.1) is 6.92 Å². The summed E-state index contributed by atoms with van der Waals surface area (Å²) in [6, 6.07) is 13.6. The normalized spacial score (nSPS) is 11.0. The molecule has 0 fully saturated rings. The third-order valence-corrected chi connectivity index (χ3v) is 4.02. The van der Waals surface area contributed by atoms with Crippen molar-refractivity contribution in [2.75, 3.05) is 33.0 Å². The predicted octanol–water partition coefficient (Wildman–Crippen LogP) is 3.34. The number of rotatable bonds is 12. The second-order valence-corrected chi connectivity index (χ2v) is 6.35. The van der Waals surface area contributed by atoms with E-state index >= 15 is 0 Å². The summed E-state index contributed by atoms with van der Waals surface area (Å²) in [6.07, 6.45) is 4.74. The monoisotopic (exact) mass is 410 g/mol. The van der Waals surface area contributed by atoms with Crippen LogP contribution in [-0.4, -0.2) is 54.1 Å². The highest BCUT2D eigenvalue weighted by Gasteiger charge is 2.06. The van der Waals surface area contributed by atoms with Gasteiger partial charge in [-0.15, -0.1) is 10.2 Å². The standard InChI is InChI=1S/C22H26N4O4/c1-3-28-22-14-19(15-25-26-16-23-24-17-26)6-9-21(22)30-13-11-27-10-12-29-20-7-4-18(2)5-8-20/h4-9,14-17H,3,10-13H2,1-2H3/b25-15-. The van der Waals surface area contributed by atoms with E-state index in [2.05, 4.69) is 15.3 Å². The molecule has 8 heteroatoms. The van der Waals surface area contributed by atoms with Gasteiger partial charge in [-0.25, -0.2) is 4.68 Å². The molecule has 0 unspecified atom stereocenters. The molecule has 3 aromatic rings. The Morgan fingerprint density at radius 3 is 2.33 bits per heavy atom. The molecular formula is C22H26N4O4. The zero-order chi connectivity index (χ0) is 21.0. The van der Waals surface area contributed by atoms with Gasteiger partial charge in [0, 0.05) is 0 Å². The summed E-state index contributed by atoms with van der Waals surface area (Å²) in [7, 11) is 0. The lowest BCUT2D eigenvalue weighted by atomic mass is 10.2. The van der Waals surface area contributed by atoms with Gasteiger partial charge in [-0.3, -0.25) is 0 Å². The minimum atomic E-state index is 0.415. The van der Waals surface area contributed by atoms with Crippen molar-refractivity contribution in [1.29, 1.82) is 0 Å². The van der Waals surface area contributed by atoms with Crippen molar-refractivity contribution in [2.24, 2.45) is 5.10 Å². The predicted molar refractivity (Wildman–Crippen MR) is 114 cm³/mol. The topological polar surface area (TPSA) is 80.0 Å². The van der Waals surface area contributed by atoms with Gasteiger partial charge in [-0.2, -0.15) is 5.10 Å². The molecule has 0 N–H and O–H groups in total. The molecule has 0 atom stereocenters. The molecule has 30 heavy (non-hydrogen) atoms. The Hall–Kier alpha value is -3.39. The third kappa shape index (κ3) is 6.89. The van der Waals surface area contributed by atoms with Gasteiger partial charge < -0.3 is 18.9 Å². The Morgan fingerprint density at radius 1 is 0.867 bits per heavy atom. The van der Waals surface area contributed by atoms with E-state index < -0.39 is 0 Å². The molecule has 0 aliphatic rings. The summed E-state index contributed by atoms with van der Waals surface area (Å²) in [5.41, 5.74) is 2.09. The number of aromatic nitrogens is 3. The summed E-state index contributed by atoms with van der Waals surface area (Å²) in [5, 5.41) is 11.7. The summed E-state index contributed by atoms with van der Waals surface area (Å²) < 4.78 is 24.2. The van der Waals surface area contributed by atoms with Gasteiger partial charge in [0.2, 0.25) is 0 Å². The molecule has 3 rings (SSSR count). The van der Waals surface area contributed by atoms with E-state index in [9.17, 15) is 0 Å². The van der Waals surface area contributed by atoms with Crippen molar-refractivity contribution >= 4 is 6.21 Å². The van der Waals surface area contributed by atoms with Crippen molar-refractivity contribution < 1.29 is 18.9 Å². The van der Waals surface area contributed by atoms with Crippen LogP contribution in [0.1, 0.15) is 18.1 Å². The molecular weight excluding hydrogens is 384 g/mol. The summed E-state index contributed by atoms with van der Waals surface area (Å²) >= 11 is 0. The van der Waals surface area contributed by atoms with E-state index in [1.807, 2.05) is 56.3 Å². The van der Waals surface area contributed by atoms with E-state index in [1.54, 1.807) is 6.21 Å². The molecule has 0 saturated heterocycles. The van der Waals surface area contributed by atoms with Gasteiger partial charge >= 0.3 is 0 Å². The van der Waals surface area contributed by atoms with Crippen molar-refractivity contribution in [1.82, 2.24) is 14.9 Å². The molecule has 158 valence electrons. The van der Waals surface area contributed by atoms with Crippen molar-refractivity contribution in [2.45, 2.75) is 13.8 Å². The van der Waals surface area contributed by atoms with Gasteiger partial charge in [0.15, 0.2) is 11.5 Å². The maximum atomic E-state index is 5.81. The fraction of sp³-hybridized carbons (Fsp3) is 0.318. The zero-order valence-electron chi connectivity index (χ0n) is 17.2. The minimum Gasteiger partial charge on any atom is -0.491 e. The summed E-state index contributed by atoms with van der Waals surface area (Å²) in [4.78, 5) is 0. The molecule has 0 radical (unpaired) electrons. The first kappa shape index (κ1) is 21.3. The van der Waals surface area contributed by atoms with Crippen molar-refractivity contribution in [3.63, 3.8) is 0 Å².